The van der Waals surface area contributed by atoms with Crippen molar-refractivity contribution in [3.8, 4) is 0 Å². The van der Waals surface area contributed by atoms with Crippen molar-refractivity contribution in [3.63, 3.8) is 0 Å². The van der Waals surface area contributed by atoms with Gasteiger partial charge in [-0.3, -0.25) is 4.79 Å². The van der Waals surface area contributed by atoms with Crippen LogP contribution in [0.15, 0.2) is 46.0 Å². The molecule has 0 aliphatic carbocycles. The quantitative estimate of drug-likeness (QED) is 0.811. The average molecular weight is 380 g/mol. The second kappa shape index (κ2) is 6.87. The van der Waals surface area contributed by atoms with Gasteiger partial charge in [0.25, 0.3) is 0 Å². The topological polar surface area (TPSA) is 46.9 Å². The molecule has 0 saturated carbocycles. The van der Waals surface area contributed by atoms with Crippen LogP contribution >= 0.6 is 27.7 Å². The summed E-state index contributed by atoms with van der Waals surface area (Å²) in [5.41, 5.74) is 0. The van der Waals surface area contributed by atoms with Gasteiger partial charge in [-0.25, -0.2) is 4.98 Å². The monoisotopic (exact) mass is 379 g/mol. The Balaban J connectivity index is 1.45. The van der Waals surface area contributed by atoms with Crippen LogP contribution in [0.1, 0.15) is 12.7 Å². The summed E-state index contributed by atoms with van der Waals surface area (Å²) in [6.45, 7) is 3.56. The minimum atomic E-state index is 0.0218. The molecule has 1 amide bonds. The summed E-state index contributed by atoms with van der Waals surface area (Å²) in [5.74, 6) is 1.17. The minimum Gasteiger partial charge on any atom is -0.355 e. The predicted octanol–water partition coefficient (Wildman–Crippen LogP) is 3.11. The Kier molecular flexibility index (Phi) is 4.88. The normalized spacial score (nSPS) is 18.0. The number of aromatic nitrogens is 2. The van der Waals surface area contributed by atoms with Crippen LogP contribution in [0.5, 0.6) is 0 Å². The summed E-state index contributed by atoms with van der Waals surface area (Å²) >= 11 is 5.21. The van der Waals surface area contributed by atoms with Crippen LogP contribution in [0, 0.1) is 5.92 Å². The number of carbonyl (C=O) groups is 1. The lowest BCUT2D eigenvalue weighted by molar-refractivity contribution is -0.124. The van der Waals surface area contributed by atoms with Gasteiger partial charge in [0.2, 0.25) is 5.91 Å². The zero-order chi connectivity index (χ0) is 15.5. The first kappa shape index (κ1) is 15.6. The molecule has 0 saturated heterocycles. The van der Waals surface area contributed by atoms with Crippen LogP contribution < -0.4 is 5.32 Å². The van der Waals surface area contributed by atoms with Crippen molar-refractivity contribution in [1.82, 2.24) is 14.9 Å². The maximum absolute atomic E-state index is 12.2. The highest BCUT2D eigenvalue weighted by Gasteiger charge is 2.27. The third-order valence-electron chi connectivity index (χ3n) is 3.73. The van der Waals surface area contributed by atoms with Gasteiger partial charge < -0.3 is 9.88 Å². The van der Waals surface area contributed by atoms with E-state index in [1.165, 1.54) is 4.90 Å². The van der Waals surface area contributed by atoms with Crippen LogP contribution in [-0.4, -0.2) is 27.3 Å². The smallest absolute Gasteiger partial charge is 0.225 e. The SMILES string of the molecule is CC(CNC(=O)C1Cc2nccn2C1)Sc1ccc(Br)cc1. The van der Waals surface area contributed by atoms with Crippen molar-refractivity contribution in [1.29, 1.82) is 0 Å². The number of hydrogen-bond donors (Lipinski definition) is 1. The summed E-state index contributed by atoms with van der Waals surface area (Å²) in [6, 6.07) is 8.24. The van der Waals surface area contributed by atoms with E-state index in [0.717, 1.165) is 23.3 Å². The molecule has 0 radical (unpaired) electrons. The van der Waals surface area contributed by atoms with E-state index in [0.29, 0.717) is 11.8 Å². The highest BCUT2D eigenvalue weighted by molar-refractivity contribution is 9.10. The lowest BCUT2D eigenvalue weighted by Gasteiger charge is -2.15. The number of benzene rings is 1. The Hall–Kier alpha value is -1.27. The van der Waals surface area contributed by atoms with E-state index in [1.807, 2.05) is 18.3 Å². The number of imidazole rings is 1. The minimum absolute atomic E-state index is 0.0218. The zero-order valence-electron chi connectivity index (χ0n) is 12.3. The number of halogens is 1. The van der Waals surface area contributed by atoms with Crippen LogP contribution in [-0.2, 0) is 17.8 Å². The maximum atomic E-state index is 12.2. The van der Waals surface area contributed by atoms with E-state index in [1.54, 1.807) is 18.0 Å². The van der Waals surface area contributed by atoms with Crippen LogP contribution in [0.2, 0.25) is 0 Å². The molecule has 2 heterocycles. The molecule has 3 rings (SSSR count). The van der Waals surface area contributed by atoms with Crippen LogP contribution in [0.3, 0.4) is 0 Å². The number of thioether (sulfide) groups is 1. The first-order valence-corrected chi connectivity index (χ1v) is 8.99. The first-order chi connectivity index (χ1) is 10.6. The largest absolute Gasteiger partial charge is 0.355 e. The highest BCUT2D eigenvalue weighted by atomic mass is 79.9. The molecule has 0 bridgehead atoms. The van der Waals surface area contributed by atoms with Gasteiger partial charge in [0, 0.05) is 46.5 Å². The summed E-state index contributed by atoms with van der Waals surface area (Å²) in [4.78, 5) is 17.7. The van der Waals surface area contributed by atoms with E-state index >= 15 is 0 Å². The lowest BCUT2D eigenvalue weighted by atomic mass is 10.1. The highest BCUT2D eigenvalue weighted by Crippen LogP contribution is 2.25. The number of nitrogens with one attached hydrogen (secondary N) is 1. The molecule has 2 unspecified atom stereocenters. The molecule has 1 aliphatic heterocycles. The second-order valence-corrected chi connectivity index (χ2v) is 7.95. The standard InChI is InChI=1S/C16H18BrN3OS/c1-11(22-14-4-2-13(17)3-5-14)9-19-16(21)12-8-15-18-6-7-20(15)10-12/h2-7,11-12H,8-10H2,1H3,(H,19,21). The molecule has 1 aliphatic rings. The lowest BCUT2D eigenvalue weighted by Crippen LogP contribution is -2.35. The fourth-order valence-electron chi connectivity index (χ4n) is 2.57. The number of carbonyl (C=O) groups excluding carboxylic acids is 1. The molecule has 4 nitrogen and oxygen atoms in total. The summed E-state index contributed by atoms with van der Waals surface area (Å²) in [6.07, 6.45) is 4.47. The molecule has 1 aromatic heterocycles. The predicted molar refractivity (Wildman–Crippen MR) is 91.9 cm³/mol. The molecule has 1 N–H and O–H groups in total. The van der Waals surface area contributed by atoms with Gasteiger partial charge in [-0.1, -0.05) is 22.9 Å². The maximum Gasteiger partial charge on any atom is 0.225 e. The van der Waals surface area contributed by atoms with Crippen molar-refractivity contribution >= 4 is 33.6 Å². The van der Waals surface area contributed by atoms with Gasteiger partial charge >= 0.3 is 0 Å². The molecule has 116 valence electrons. The molecule has 2 aromatic rings. The fourth-order valence-corrected chi connectivity index (χ4v) is 3.76. The van der Waals surface area contributed by atoms with Crippen LogP contribution in [0.25, 0.3) is 0 Å². The third kappa shape index (κ3) is 3.73. The van der Waals surface area contributed by atoms with Gasteiger partial charge in [-0.05, 0) is 24.3 Å². The molecule has 1 aromatic carbocycles. The number of nitrogens with zero attached hydrogens (tertiary/aromatic N) is 2. The molecule has 22 heavy (non-hydrogen) atoms. The summed E-state index contributed by atoms with van der Waals surface area (Å²) < 4.78 is 3.14. The Bertz CT molecular complexity index is 635. The van der Waals surface area contributed by atoms with Crippen molar-refractivity contribution in [3.05, 3.63) is 47.0 Å². The van der Waals surface area contributed by atoms with Gasteiger partial charge in [0.1, 0.15) is 5.82 Å². The van der Waals surface area contributed by atoms with Crippen LogP contribution in [0.4, 0.5) is 0 Å². The first-order valence-electron chi connectivity index (χ1n) is 7.32. The molecule has 0 fully saturated rings. The van der Waals surface area contributed by atoms with E-state index in [2.05, 4.69) is 49.9 Å². The molecule has 0 spiro atoms. The van der Waals surface area contributed by atoms with Gasteiger partial charge in [-0.15, -0.1) is 11.8 Å². The Morgan fingerprint density at radius 3 is 3.00 bits per heavy atom. The van der Waals surface area contributed by atoms with Gasteiger partial charge in [0.05, 0.1) is 5.92 Å². The molecular formula is C16H18BrN3OS. The Labute approximate surface area is 142 Å². The number of amides is 1. The number of fused-ring (bicyclic) bond motifs is 1. The van der Waals surface area contributed by atoms with Crippen molar-refractivity contribution in [2.45, 2.75) is 30.0 Å². The Morgan fingerprint density at radius 2 is 2.27 bits per heavy atom. The van der Waals surface area contributed by atoms with E-state index in [9.17, 15) is 4.79 Å². The van der Waals surface area contributed by atoms with E-state index in [-0.39, 0.29) is 11.8 Å². The van der Waals surface area contributed by atoms with E-state index < -0.39 is 0 Å². The zero-order valence-corrected chi connectivity index (χ0v) is 14.7. The van der Waals surface area contributed by atoms with Crippen molar-refractivity contribution in [2.24, 2.45) is 5.92 Å². The second-order valence-electron chi connectivity index (χ2n) is 5.52. The fraction of sp³-hybridized carbons (Fsp3) is 0.375. The molecular weight excluding hydrogens is 362 g/mol. The average Bonchev–Trinajstić information content (AvgIpc) is 3.08. The molecule has 2 atom stereocenters. The van der Waals surface area contributed by atoms with Gasteiger partial charge in [0.15, 0.2) is 0 Å². The Morgan fingerprint density at radius 1 is 1.50 bits per heavy atom. The van der Waals surface area contributed by atoms with Crippen molar-refractivity contribution < 1.29 is 4.79 Å². The van der Waals surface area contributed by atoms with Crippen molar-refractivity contribution in [2.75, 3.05) is 6.54 Å². The number of rotatable bonds is 5. The molecule has 6 heteroatoms. The summed E-state index contributed by atoms with van der Waals surface area (Å²) in [5, 5.41) is 3.41. The summed E-state index contributed by atoms with van der Waals surface area (Å²) in [7, 11) is 0. The third-order valence-corrected chi connectivity index (χ3v) is 5.38. The van der Waals surface area contributed by atoms with E-state index in [4.69, 9.17) is 0 Å². The number of hydrogen-bond acceptors (Lipinski definition) is 3. The van der Waals surface area contributed by atoms with Gasteiger partial charge in [-0.2, -0.15) is 0 Å².